The number of allylic oxidation sites excluding steroid dienone is 4. The maximum atomic E-state index is 10.0. The van der Waals surface area contributed by atoms with Gasteiger partial charge in [-0.3, -0.25) is 4.79 Å². The molecular weight excluding hydrogens is 400 g/mol. The second kappa shape index (κ2) is 31.1. The molecule has 0 rings (SSSR count). The van der Waals surface area contributed by atoms with Crippen molar-refractivity contribution in [3.63, 3.8) is 0 Å². The van der Waals surface area contributed by atoms with Crippen molar-refractivity contribution in [1.82, 2.24) is 0 Å². The summed E-state index contributed by atoms with van der Waals surface area (Å²) >= 11 is 0. The lowest BCUT2D eigenvalue weighted by Gasteiger charge is -2.04. The minimum absolute atomic E-state index is 1.13. The van der Waals surface area contributed by atoms with Crippen LogP contribution in [0, 0.1) is 0 Å². The highest BCUT2D eigenvalue weighted by Gasteiger charge is 1.96. The van der Waals surface area contributed by atoms with Crippen molar-refractivity contribution in [3.8, 4) is 0 Å². The summed E-state index contributed by atoms with van der Waals surface area (Å²) in [4.78, 5) is 10.0. The van der Waals surface area contributed by atoms with E-state index in [2.05, 4.69) is 13.0 Å². The highest BCUT2D eigenvalue weighted by Crippen LogP contribution is 2.16. The number of hydrogen-bond donors (Lipinski definition) is 0. The summed E-state index contributed by atoms with van der Waals surface area (Å²) < 4.78 is 0. The maximum Gasteiger partial charge on any atom is 0.225 e. The predicted molar refractivity (Wildman–Crippen MR) is 150 cm³/mol. The molecule has 0 aromatic heterocycles. The van der Waals surface area contributed by atoms with Crippen LogP contribution < -0.4 is 0 Å². The Balaban J connectivity index is 3.04. The van der Waals surface area contributed by atoms with Gasteiger partial charge in [0.2, 0.25) is 6.29 Å². The van der Waals surface area contributed by atoms with Gasteiger partial charge in [0, 0.05) is 0 Å². The first kappa shape index (κ1) is 32.1. The summed E-state index contributed by atoms with van der Waals surface area (Å²) in [5.74, 6) is 0. The first-order valence-electron chi connectivity index (χ1n) is 15.1. The topological polar surface area (TPSA) is 17.1 Å². The van der Waals surface area contributed by atoms with Crippen molar-refractivity contribution in [2.45, 2.75) is 174 Å². The van der Waals surface area contributed by atoms with Crippen LogP contribution in [0.1, 0.15) is 174 Å². The molecule has 0 aromatic rings. The summed E-state index contributed by atoms with van der Waals surface area (Å²) in [7, 11) is 0. The van der Waals surface area contributed by atoms with Crippen molar-refractivity contribution in [1.29, 1.82) is 0 Å². The largest absolute Gasteiger partial charge is 0.286 e. The molecule has 0 saturated carbocycles. The molecular formula is C32H59O. The first-order chi connectivity index (χ1) is 16.4. The van der Waals surface area contributed by atoms with Crippen LogP contribution in [-0.4, -0.2) is 6.29 Å². The summed E-state index contributed by atoms with van der Waals surface area (Å²) in [6, 6.07) is 0. The van der Waals surface area contributed by atoms with Gasteiger partial charge in [0.05, 0.1) is 0 Å². The fourth-order valence-corrected chi connectivity index (χ4v) is 4.67. The van der Waals surface area contributed by atoms with E-state index in [9.17, 15) is 4.79 Å². The van der Waals surface area contributed by atoms with E-state index < -0.39 is 0 Å². The fraction of sp³-hybridized carbons (Fsp3) is 0.844. The SMILES string of the molecule is CCCCCCCCCCCCCCCCCCCCCCCCCCC/C=C/C=C/[C]=O. The van der Waals surface area contributed by atoms with E-state index in [1.54, 1.807) is 12.4 Å². The zero-order valence-corrected chi connectivity index (χ0v) is 22.6. The number of rotatable bonds is 28. The van der Waals surface area contributed by atoms with Gasteiger partial charge < -0.3 is 0 Å². The third-order valence-electron chi connectivity index (χ3n) is 6.89. The predicted octanol–water partition coefficient (Wildman–Crippen LogP) is 11.4. The minimum atomic E-state index is 1.13. The molecule has 0 aliphatic rings. The lowest BCUT2D eigenvalue weighted by molar-refractivity contribution is 0.516. The Morgan fingerprint density at radius 3 is 1.03 bits per heavy atom. The van der Waals surface area contributed by atoms with Crippen molar-refractivity contribution in [3.05, 3.63) is 24.3 Å². The van der Waals surface area contributed by atoms with Crippen molar-refractivity contribution in [2.24, 2.45) is 0 Å². The molecule has 0 fully saturated rings. The quantitative estimate of drug-likeness (QED) is 0.0645. The molecule has 0 N–H and O–H groups in total. The Kier molecular flexibility index (Phi) is 30.3. The Bertz CT molecular complexity index is 409. The van der Waals surface area contributed by atoms with Gasteiger partial charge in [0.15, 0.2) is 0 Å². The highest BCUT2D eigenvalue weighted by molar-refractivity contribution is 5.66. The van der Waals surface area contributed by atoms with E-state index in [-0.39, 0.29) is 0 Å². The molecule has 0 amide bonds. The van der Waals surface area contributed by atoms with Gasteiger partial charge in [-0.25, -0.2) is 0 Å². The van der Waals surface area contributed by atoms with Crippen LogP contribution in [0.4, 0.5) is 0 Å². The van der Waals surface area contributed by atoms with Crippen molar-refractivity contribution >= 4 is 6.29 Å². The van der Waals surface area contributed by atoms with Crippen molar-refractivity contribution in [2.75, 3.05) is 0 Å². The Morgan fingerprint density at radius 1 is 0.424 bits per heavy atom. The van der Waals surface area contributed by atoms with E-state index in [1.807, 2.05) is 6.08 Å². The summed E-state index contributed by atoms with van der Waals surface area (Å²) in [5, 5.41) is 0. The molecule has 0 heterocycles. The third-order valence-corrected chi connectivity index (χ3v) is 6.89. The monoisotopic (exact) mass is 459 g/mol. The Hall–Kier alpha value is -0.850. The van der Waals surface area contributed by atoms with Crippen LogP contribution >= 0.6 is 0 Å². The molecule has 1 radical (unpaired) electrons. The second-order valence-electron chi connectivity index (χ2n) is 10.2. The maximum absolute atomic E-state index is 10.0. The molecule has 0 atom stereocenters. The molecule has 0 saturated heterocycles. The van der Waals surface area contributed by atoms with Crippen LogP contribution in [0.15, 0.2) is 24.3 Å². The van der Waals surface area contributed by atoms with Gasteiger partial charge in [0.1, 0.15) is 0 Å². The number of unbranched alkanes of at least 4 members (excludes halogenated alkanes) is 25. The summed E-state index contributed by atoms with van der Waals surface area (Å²) in [6.45, 7) is 2.30. The second-order valence-corrected chi connectivity index (χ2v) is 10.2. The molecule has 33 heavy (non-hydrogen) atoms. The molecule has 1 nitrogen and oxygen atoms in total. The van der Waals surface area contributed by atoms with Crippen LogP contribution in [0.2, 0.25) is 0 Å². The third kappa shape index (κ3) is 31.1. The molecule has 0 spiro atoms. The molecule has 0 bridgehead atoms. The number of hydrogen-bond acceptors (Lipinski definition) is 1. The molecule has 193 valence electrons. The van der Waals surface area contributed by atoms with Gasteiger partial charge in [0.25, 0.3) is 0 Å². The van der Waals surface area contributed by atoms with E-state index in [0.717, 1.165) is 6.42 Å². The van der Waals surface area contributed by atoms with Gasteiger partial charge in [-0.05, 0) is 18.9 Å². The van der Waals surface area contributed by atoms with Crippen LogP contribution in [0.3, 0.4) is 0 Å². The van der Waals surface area contributed by atoms with Crippen molar-refractivity contribution < 1.29 is 4.79 Å². The Morgan fingerprint density at radius 2 is 0.727 bits per heavy atom. The molecule has 0 aromatic carbocycles. The van der Waals surface area contributed by atoms with E-state index in [0.29, 0.717) is 0 Å². The van der Waals surface area contributed by atoms with Gasteiger partial charge in [-0.1, -0.05) is 179 Å². The minimum Gasteiger partial charge on any atom is -0.286 e. The number of carbonyl (C=O) groups excluding carboxylic acids is 1. The molecule has 1 heteroatoms. The summed E-state index contributed by atoms with van der Waals surface area (Å²) in [5.41, 5.74) is 0. The van der Waals surface area contributed by atoms with Crippen LogP contribution in [0.25, 0.3) is 0 Å². The Labute approximate surface area is 209 Å². The molecule has 0 aliphatic carbocycles. The average Bonchev–Trinajstić information content (AvgIpc) is 2.83. The van der Waals surface area contributed by atoms with Gasteiger partial charge >= 0.3 is 0 Å². The highest BCUT2D eigenvalue weighted by atomic mass is 16.1. The van der Waals surface area contributed by atoms with Crippen LogP contribution in [0.5, 0.6) is 0 Å². The van der Waals surface area contributed by atoms with Gasteiger partial charge in [-0.15, -0.1) is 0 Å². The lowest BCUT2D eigenvalue weighted by Crippen LogP contribution is -1.84. The van der Waals surface area contributed by atoms with Crippen LogP contribution in [-0.2, 0) is 4.79 Å². The van der Waals surface area contributed by atoms with Gasteiger partial charge in [-0.2, -0.15) is 0 Å². The zero-order chi connectivity index (χ0) is 23.9. The molecule has 0 unspecified atom stereocenters. The summed E-state index contributed by atoms with van der Waals surface area (Å²) in [6.07, 6.45) is 46.2. The van der Waals surface area contributed by atoms with E-state index in [4.69, 9.17) is 0 Å². The average molecular weight is 460 g/mol. The van der Waals surface area contributed by atoms with E-state index in [1.165, 1.54) is 167 Å². The lowest BCUT2D eigenvalue weighted by atomic mass is 10.0. The molecule has 0 aliphatic heterocycles. The smallest absolute Gasteiger partial charge is 0.225 e. The fourth-order valence-electron chi connectivity index (χ4n) is 4.67. The standard InChI is InChI=1S/C32H59O/c1-2-3-4-5-6-7-8-9-10-11-12-13-14-15-16-17-18-19-20-21-22-23-24-25-26-27-28-29-30-31-32-33/h28-31H,2-27H2,1H3/b29-28+,31-30+. The van der Waals surface area contributed by atoms with E-state index >= 15 is 0 Å². The normalized spacial score (nSPS) is 11.8. The first-order valence-corrected chi connectivity index (χ1v) is 15.1. The zero-order valence-electron chi connectivity index (χ0n) is 22.6.